The molecule has 148 valence electrons. The van der Waals surface area contributed by atoms with E-state index in [9.17, 15) is 0 Å². The maximum absolute atomic E-state index is 6.12. The molecule has 0 N–H and O–H groups in total. The third kappa shape index (κ3) is 5.14. The summed E-state index contributed by atoms with van der Waals surface area (Å²) in [7, 11) is 0. The van der Waals surface area contributed by atoms with E-state index in [0.29, 0.717) is 6.54 Å². The van der Waals surface area contributed by atoms with E-state index in [-0.39, 0.29) is 12.4 Å². The molecule has 4 nitrogen and oxygen atoms in total. The van der Waals surface area contributed by atoms with E-state index >= 15 is 0 Å². The number of hydrogen-bond donors (Lipinski definition) is 0. The fourth-order valence-corrected chi connectivity index (χ4v) is 3.54. The molecule has 4 rings (SSSR count). The van der Waals surface area contributed by atoms with Crippen LogP contribution in [0.4, 0.5) is 0 Å². The first kappa shape index (κ1) is 19.4. The maximum atomic E-state index is 6.12. The highest BCUT2D eigenvalue weighted by atomic mass is 16.7. The fraction of sp³-hybridized carbons (Fsp3) is 0.320. The summed E-state index contributed by atoms with van der Waals surface area (Å²) in [5.41, 5.74) is 3.21. The van der Waals surface area contributed by atoms with Crippen LogP contribution in [-0.4, -0.2) is 22.4 Å². The lowest BCUT2D eigenvalue weighted by molar-refractivity contribution is -0.188. The van der Waals surface area contributed by atoms with Gasteiger partial charge in [-0.1, -0.05) is 48.2 Å². The van der Waals surface area contributed by atoms with Crippen LogP contribution < -0.4 is 0 Å². The van der Waals surface area contributed by atoms with Gasteiger partial charge in [0.15, 0.2) is 6.29 Å². The van der Waals surface area contributed by atoms with E-state index in [2.05, 4.69) is 39.6 Å². The first-order valence-electron chi connectivity index (χ1n) is 10.2. The predicted molar refractivity (Wildman–Crippen MR) is 113 cm³/mol. The lowest BCUT2D eigenvalue weighted by Gasteiger charge is -2.26. The van der Waals surface area contributed by atoms with Crippen LogP contribution in [0.2, 0.25) is 0 Å². The van der Waals surface area contributed by atoms with Gasteiger partial charge in [0.1, 0.15) is 11.9 Å². The van der Waals surface area contributed by atoms with E-state index in [0.717, 1.165) is 48.4 Å². The van der Waals surface area contributed by atoms with Gasteiger partial charge in [0.25, 0.3) is 0 Å². The van der Waals surface area contributed by atoms with Crippen LogP contribution in [0, 0.1) is 11.8 Å². The van der Waals surface area contributed by atoms with Crippen LogP contribution in [0.1, 0.15) is 54.8 Å². The largest absolute Gasteiger partial charge is 0.353 e. The van der Waals surface area contributed by atoms with Gasteiger partial charge in [0, 0.05) is 30.1 Å². The number of benzene rings is 2. The SMILES string of the molecule is C[C@H](OC1CCCCO1)c1nccn1Cc1ccccc1C#Cc1ccccc1. The van der Waals surface area contributed by atoms with Gasteiger partial charge in [-0.25, -0.2) is 4.98 Å². The standard InChI is InChI=1S/C25H26N2O2/c1-20(29-24-13-7-8-18-28-24)25-26-16-17-27(25)19-23-12-6-5-11-22(23)15-14-21-9-3-2-4-10-21/h2-6,9-12,16-17,20,24H,7-8,13,18-19H2,1H3/t20-,24?/m0/s1. The second-order valence-electron chi connectivity index (χ2n) is 7.26. The molecule has 0 bridgehead atoms. The van der Waals surface area contributed by atoms with Crippen molar-refractivity contribution in [2.75, 3.05) is 6.61 Å². The third-order valence-corrected chi connectivity index (χ3v) is 5.08. The number of hydrogen-bond acceptors (Lipinski definition) is 3. The second kappa shape index (κ2) is 9.56. The molecule has 0 radical (unpaired) electrons. The van der Waals surface area contributed by atoms with Gasteiger partial charge in [0.2, 0.25) is 0 Å². The van der Waals surface area contributed by atoms with Crippen molar-refractivity contribution in [3.63, 3.8) is 0 Å². The Hall–Kier alpha value is -2.87. The molecule has 0 aliphatic carbocycles. The Bertz CT molecular complexity index is 979. The highest BCUT2D eigenvalue weighted by Gasteiger charge is 2.21. The van der Waals surface area contributed by atoms with E-state index in [1.54, 1.807) is 0 Å². The molecule has 1 saturated heterocycles. The zero-order chi connectivity index (χ0) is 19.9. The molecule has 1 unspecified atom stereocenters. The monoisotopic (exact) mass is 386 g/mol. The Morgan fingerprint density at radius 1 is 1.10 bits per heavy atom. The van der Waals surface area contributed by atoms with Gasteiger partial charge in [-0.05, 0) is 49.9 Å². The average Bonchev–Trinajstić information content (AvgIpc) is 3.23. The third-order valence-electron chi connectivity index (χ3n) is 5.08. The number of nitrogens with zero attached hydrogens (tertiary/aromatic N) is 2. The Kier molecular flexibility index (Phi) is 6.41. The van der Waals surface area contributed by atoms with Crippen molar-refractivity contribution >= 4 is 0 Å². The van der Waals surface area contributed by atoms with Gasteiger partial charge in [-0.15, -0.1) is 0 Å². The Labute approximate surface area is 172 Å². The summed E-state index contributed by atoms with van der Waals surface area (Å²) >= 11 is 0. The van der Waals surface area contributed by atoms with Gasteiger partial charge in [0.05, 0.1) is 6.54 Å². The minimum atomic E-state index is -0.132. The Morgan fingerprint density at radius 3 is 2.76 bits per heavy atom. The minimum absolute atomic E-state index is 0.129. The highest BCUT2D eigenvalue weighted by Crippen LogP contribution is 2.23. The zero-order valence-corrected chi connectivity index (χ0v) is 16.8. The lowest BCUT2D eigenvalue weighted by atomic mass is 10.1. The fourth-order valence-electron chi connectivity index (χ4n) is 3.54. The first-order chi connectivity index (χ1) is 14.3. The van der Waals surface area contributed by atoms with Crippen molar-refractivity contribution in [1.29, 1.82) is 0 Å². The molecular weight excluding hydrogens is 360 g/mol. The van der Waals surface area contributed by atoms with E-state index in [4.69, 9.17) is 9.47 Å². The predicted octanol–water partition coefficient (Wildman–Crippen LogP) is 4.94. The number of rotatable bonds is 5. The Morgan fingerprint density at radius 2 is 1.93 bits per heavy atom. The molecule has 2 atom stereocenters. The maximum Gasteiger partial charge on any atom is 0.158 e. The molecule has 0 spiro atoms. The molecular formula is C25H26N2O2. The van der Waals surface area contributed by atoms with E-state index in [1.165, 1.54) is 0 Å². The number of ether oxygens (including phenoxy) is 2. The van der Waals surface area contributed by atoms with Gasteiger partial charge < -0.3 is 14.0 Å². The van der Waals surface area contributed by atoms with Crippen molar-refractivity contribution in [2.24, 2.45) is 0 Å². The van der Waals surface area contributed by atoms with Gasteiger partial charge >= 0.3 is 0 Å². The topological polar surface area (TPSA) is 36.3 Å². The first-order valence-corrected chi connectivity index (χ1v) is 10.2. The molecule has 3 aromatic rings. The summed E-state index contributed by atoms with van der Waals surface area (Å²) in [6.45, 7) is 3.52. The summed E-state index contributed by atoms with van der Waals surface area (Å²) in [6, 6.07) is 18.3. The Balaban J connectivity index is 1.51. The quantitative estimate of drug-likeness (QED) is 0.583. The van der Waals surface area contributed by atoms with Crippen molar-refractivity contribution in [3.05, 3.63) is 89.5 Å². The summed E-state index contributed by atoms with van der Waals surface area (Å²) in [6.07, 6.45) is 6.78. The van der Waals surface area contributed by atoms with E-state index in [1.807, 2.05) is 55.7 Å². The lowest BCUT2D eigenvalue weighted by Crippen LogP contribution is -2.24. The molecule has 2 heterocycles. The zero-order valence-electron chi connectivity index (χ0n) is 16.8. The molecule has 29 heavy (non-hydrogen) atoms. The molecule has 1 aromatic heterocycles. The van der Waals surface area contributed by atoms with Crippen molar-refractivity contribution in [2.45, 2.75) is 45.1 Å². The molecule has 2 aromatic carbocycles. The second-order valence-corrected chi connectivity index (χ2v) is 7.26. The van der Waals surface area contributed by atoms with Crippen molar-refractivity contribution in [3.8, 4) is 11.8 Å². The number of imidazole rings is 1. The highest BCUT2D eigenvalue weighted by molar-refractivity contribution is 5.46. The smallest absolute Gasteiger partial charge is 0.158 e. The molecule has 1 fully saturated rings. The van der Waals surface area contributed by atoms with Crippen LogP contribution >= 0.6 is 0 Å². The summed E-state index contributed by atoms with van der Waals surface area (Å²) in [4.78, 5) is 4.55. The molecule has 1 aliphatic heterocycles. The van der Waals surface area contributed by atoms with Crippen LogP contribution in [-0.2, 0) is 16.0 Å². The molecule has 4 heteroatoms. The summed E-state index contributed by atoms with van der Waals surface area (Å²) in [5.74, 6) is 7.49. The van der Waals surface area contributed by atoms with Crippen molar-refractivity contribution < 1.29 is 9.47 Å². The summed E-state index contributed by atoms with van der Waals surface area (Å²) < 4.78 is 14.0. The minimum Gasteiger partial charge on any atom is -0.353 e. The molecule has 1 aliphatic rings. The van der Waals surface area contributed by atoms with Crippen LogP contribution in [0.25, 0.3) is 0 Å². The van der Waals surface area contributed by atoms with Crippen LogP contribution in [0.5, 0.6) is 0 Å². The van der Waals surface area contributed by atoms with Gasteiger partial charge in [-0.3, -0.25) is 0 Å². The molecule has 0 saturated carbocycles. The van der Waals surface area contributed by atoms with Crippen LogP contribution in [0.3, 0.4) is 0 Å². The number of aromatic nitrogens is 2. The molecule has 0 amide bonds. The average molecular weight is 386 g/mol. The van der Waals surface area contributed by atoms with Crippen molar-refractivity contribution in [1.82, 2.24) is 9.55 Å². The normalized spacial score (nSPS) is 17.3. The van der Waals surface area contributed by atoms with E-state index < -0.39 is 0 Å². The van der Waals surface area contributed by atoms with Crippen LogP contribution in [0.15, 0.2) is 67.0 Å². The van der Waals surface area contributed by atoms with Gasteiger partial charge in [-0.2, -0.15) is 0 Å². The summed E-state index contributed by atoms with van der Waals surface area (Å²) in [5, 5.41) is 0.